The number of aryl methyl sites for hydroxylation is 1. The van der Waals surface area contributed by atoms with Gasteiger partial charge < -0.3 is 15.5 Å². The molecule has 2 aromatic rings. The summed E-state index contributed by atoms with van der Waals surface area (Å²) in [7, 11) is 2.08. The summed E-state index contributed by atoms with van der Waals surface area (Å²) in [5, 5.41) is 6.40. The van der Waals surface area contributed by atoms with Gasteiger partial charge in [0.2, 0.25) is 0 Å². The third-order valence-corrected chi connectivity index (χ3v) is 5.65. The Kier molecular flexibility index (Phi) is 5.68. The Hall–Kier alpha value is -2.25. The van der Waals surface area contributed by atoms with Crippen molar-refractivity contribution in [2.24, 2.45) is 0 Å². The maximum atomic E-state index is 13.3. The molecular weight excluding hydrogens is 353 g/mol. The van der Waals surface area contributed by atoms with Crippen LogP contribution in [0.3, 0.4) is 0 Å². The first-order valence-electron chi connectivity index (χ1n) is 8.59. The average molecular weight is 375 g/mol. The lowest BCUT2D eigenvalue weighted by molar-refractivity contribution is 0.0919. The zero-order valence-corrected chi connectivity index (χ0v) is 15.7. The van der Waals surface area contributed by atoms with E-state index >= 15 is 0 Å². The second-order valence-corrected chi connectivity index (χ2v) is 7.69. The Morgan fingerprint density at radius 2 is 1.92 bits per heavy atom. The van der Waals surface area contributed by atoms with Gasteiger partial charge in [0.05, 0.1) is 9.88 Å². The highest BCUT2D eigenvalue weighted by molar-refractivity contribution is 7.18. The van der Waals surface area contributed by atoms with Crippen molar-refractivity contribution in [2.75, 3.05) is 25.5 Å². The van der Waals surface area contributed by atoms with E-state index in [0.29, 0.717) is 9.88 Å². The van der Waals surface area contributed by atoms with Gasteiger partial charge in [0.1, 0.15) is 5.82 Å². The van der Waals surface area contributed by atoms with Crippen LogP contribution in [-0.4, -0.2) is 42.9 Å². The van der Waals surface area contributed by atoms with Crippen molar-refractivity contribution in [3.05, 3.63) is 52.2 Å². The zero-order valence-electron chi connectivity index (χ0n) is 14.8. The molecule has 1 aliphatic heterocycles. The van der Waals surface area contributed by atoms with Crippen LogP contribution in [0.15, 0.2) is 30.3 Å². The second kappa shape index (κ2) is 7.97. The van der Waals surface area contributed by atoms with Crippen LogP contribution in [0.2, 0.25) is 0 Å². The number of hydrogen-bond donors (Lipinski definition) is 2. The molecule has 1 aliphatic rings. The van der Waals surface area contributed by atoms with Crippen molar-refractivity contribution in [1.82, 2.24) is 10.2 Å². The second-order valence-electron chi connectivity index (χ2n) is 6.64. The summed E-state index contributed by atoms with van der Waals surface area (Å²) >= 11 is 1.24. The number of anilines is 1. The highest BCUT2D eigenvalue weighted by Gasteiger charge is 2.21. The van der Waals surface area contributed by atoms with Gasteiger partial charge in [0.15, 0.2) is 0 Å². The van der Waals surface area contributed by atoms with Gasteiger partial charge in [-0.1, -0.05) is 6.07 Å². The van der Waals surface area contributed by atoms with Gasteiger partial charge in [-0.2, -0.15) is 0 Å². The smallest absolute Gasteiger partial charge is 0.261 e. The molecule has 0 unspecified atom stereocenters. The van der Waals surface area contributed by atoms with Crippen molar-refractivity contribution >= 4 is 28.2 Å². The average Bonchev–Trinajstić information content (AvgIpc) is 2.97. The summed E-state index contributed by atoms with van der Waals surface area (Å²) in [6.45, 7) is 3.80. The molecule has 1 aromatic carbocycles. The van der Waals surface area contributed by atoms with E-state index in [1.807, 2.05) is 6.92 Å². The van der Waals surface area contributed by atoms with Crippen LogP contribution in [0.5, 0.6) is 0 Å². The minimum absolute atomic E-state index is 0.103. The van der Waals surface area contributed by atoms with Gasteiger partial charge in [0.25, 0.3) is 11.8 Å². The molecule has 1 saturated heterocycles. The van der Waals surface area contributed by atoms with E-state index in [0.717, 1.165) is 31.5 Å². The normalized spacial score (nSPS) is 15.7. The quantitative estimate of drug-likeness (QED) is 0.862. The lowest BCUT2D eigenvalue weighted by Crippen LogP contribution is -2.43. The van der Waals surface area contributed by atoms with Gasteiger partial charge in [-0.15, -0.1) is 11.3 Å². The van der Waals surface area contributed by atoms with E-state index in [2.05, 4.69) is 22.6 Å². The first-order valence-corrected chi connectivity index (χ1v) is 9.41. The monoisotopic (exact) mass is 375 g/mol. The molecular formula is C19H22FN3O2S. The lowest BCUT2D eigenvalue weighted by atomic mass is 10.1. The van der Waals surface area contributed by atoms with Crippen LogP contribution >= 0.6 is 11.3 Å². The fraction of sp³-hybridized carbons (Fsp3) is 0.368. The third-order valence-electron chi connectivity index (χ3n) is 4.50. The van der Waals surface area contributed by atoms with Crippen molar-refractivity contribution in [3.8, 4) is 0 Å². The molecule has 1 fully saturated rings. The van der Waals surface area contributed by atoms with Gasteiger partial charge in [-0.3, -0.25) is 9.59 Å². The summed E-state index contributed by atoms with van der Waals surface area (Å²) in [6, 6.07) is 7.47. The van der Waals surface area contributed by atoms with Crippen LogP contribution in [0.4, 0.5) is 9.39 Å². The van der Waals surface area contributed by atoms with Gasteiger partial charge in [-0.05, 0) is 69.7 Å². The SMILES string of the molecule is Cc1cc(NC(=O)c2cccc(F)c2)sc1C(=O)NC1CCN(C)CC1. The Labute approximate surface area is 156 Å². The number of benzene rings is 1. The predicted molar refractivity (Wildman–Crippen MR) is 101 cm³/mol. The number of carbonyl (C=O) groups excluding carboxylic acids is 2. The predicted octanol–water partition coefficient (Wildman–Crippen LogP) is 3.27. The number of hydrogen-bond acceptors (Lipinski definition) is 4. The molecule has 0 bridgehead atoms. The molecule has 3 rings (SSSR count). The van der Waals surface area contributed by atoms with Gasteiger partial charge >= 0.3 is 0 Å². The maximum Gasteiger partial charge on any atom is 0.261 e. The first-order chi connectivity index (χ1) is 12.4. The van der Waals surface area contributed by atoms with E-state index in [-0.39, 0.29) is 17.5 Å². The van der Waals surface area contributed by atoms with Gasteiger partial charge in [-0.25, -0.2) is 4.39 Å². The number of amides is 2. The Bertz CT molecular complexity index is 813. The molecule has 0 atom stereocenters. The van der Waals surface area contributed by atoms with E-state index in [1.54, 1.807) is 12.1 Å². The number of rotatable bonds is 4. The number of piperidine rings is 1. The zero-order chi connectivity index (χ0) is 18.7. The molecule has 0 aliphatic carbocycles. The molecule has 0 saturated carbocycles. The lowest BCUT2D eigenvalue weighted by Gasteiger charge is -2.29. The van der Waals surface area contributed by atoms with E-state index in [1.165, 1.54) is 29.5 Å². The van der Waals surface area contributed by atoms with E-state index in [9.17, 15) is 14.0 Å². The largest absolute Gasteiger partial charge is 0.349 e. The van der Waals surface area contributed by atoms with Crippen molar-refractivity contribution < 1.29 is 14.0 Å². The van der Waals surface area contributed by atoms with Crippen LogP contribution in [0, 0.1) is 12.7 Å². The highest BCUT2D eigenvalue weighted by atomic mass is 32.1. The van der Waals surface area contributed by atoms with Crippen LogP contribution in [0.1, 0.15) is 38.4 Å². The Morgan fingerprint density at radius 3 is 2.62 bits per heavy atom. The summed E-state index contributed by atoms with van der Waals surface area (Å²) < 4.78 is 13.3. The molecule has 5 nitrogen and oxygen atoms in total. The Morgan fingerprint density at radius 1 is 1.19 bits per heavy atom. The van der Waals surface area contributed by atoms with Crippen LogP contribution < -0.4 is 10.6 Å². The van der Waals surface area contributed by atoms with Crippen molar-refractivity contribution in [2.45, 2.75) is 25.8 Å². The first kappa shape index (κ1) is 18.5. The minimum Gasteiger partial charge on any atom is -0.349 e. The van der Waals surface area contributed by atoms with Crippen molar-refractivity contribution in [1.29, 1.82) is 0 Å². The van der Waals surface area contributed by atoms with Crippen LogP contribution in [-0.2, 0) is 0 Å². The summed E-state index contributed by atoms with van der Waals surface area (Å²) in [5.41, 5.74) is 1.06. The standard InChI is InChI=1S/C19H22FN3O2S/c1-12-10-16(22-18(24)13-4-3-5-14(20)11-13)26-17(12)19(25)21-15-6-8-23(2)9-7-15/h3-5,10-11,15H,6-9H2,1-2H3,(H,21,25)(H,22,24). The molecule has 0 spiro atoms. The molecule has 0 radical (unpaired) electrons. The fourth-order valence-electron chi connectivity index (χ4n) is 2.99. The number of carbonyl (C=O) groups is 2. The minimum atomic E-state index is -0.460. The molecule has 138 valence electrons. The maximum absolute atomic E-state index is 13.3. The topological polar surface area (TPSA) is 61.4 Å². The number of nitrogens with zero attached hydrogens (tertiary/aromatic N) is 1. The third kappa shape index (κ3) is 4.47. The summed E-state index contributed by atoms with van der Waals surface area (Å²) in [5.74, 6) is -0.959. The number of nitrogens with one attached hydrogen (secondary N) is 2. The number of thiophene rings is 1. The summed E-state index contributed by atoms with van der Waals surface area (Å²) in [6.07, 6.45) is 1.88. The van der Waals surface area contributed by atoms with Gasteiger partial charge in [0, 0.05) is 11.6 Å². The summed E-state index contributed by atoms with van der Waals surface area (Å²) in [4.78, 5) is 27.6. The molecule has 2 amide bonds. The number of likely N-dealkylation sites (tertiary alicyclic amines) is 1. The molecule has 2 N–H and O–H groups in total. The fourth-order valence-corrected chi connectivity index (χ4v) is 3.96. The highest BCUT2D eigenvalue weighted by Crippen LogP contribution is 2.27. The molecule has 1 aromatic heterocycles. The van der Waals surface area contributed by atoms with E-state index in [4.69, 9.17) is 0 Å². The number of halogens is 1. The van der Waals surface area contributed by atoms with E-state index < -0.39 is 11.7 Å². The van der Waals surface area contributed by atoms with Crippen LogP contribution in [0.25, 0.3) is 0 Å². The van der Waals surface area contributed by atoms with Crippen molar-refractivity contribution in [3.63, 3.8) is 0 Å². The Balaban J connectivity index is 1.65. The molecule has 7 heteroatoms. The molecule has 2 heterocycles. The molecule has 26 heavy (non-hydrogen) atoms.